The van der Waals surface area contributed by atoms with Gasteiger partial charge >= 0.3 is 0 Å². The lowest BCUT2D eigenvalue weighted by Gasteiger charge is -2.09. The Morgan fingerprint density at radius 3 is 2.62 bits per heavy atom. The zero-order chi connectivity index (χ0) is 10.0. The molecule has 1 aromatic heterocycles. The Labute approximate surface area is 82.3 Å². The maximum Gasteiger partial charge on any atom is 0.125 e. The minimum absolute atomic E-state index is 0.0920. The van der Waals surface area contributed by atoms with Crippen LogP contribution in [0.4, 0.5) is 0 Å². The fourth-order valence-electron chi connectivity index (χ4n) is 1.28. The Morgan fingerprint density at radius 2 is 2.15 bits per heavy atom. The molecular formula is C9H13N3S. The predicted octanol–water partition coefficient (Wildman–Crippen LogP) is 1.70. The summed E-state index contributed by atoms with van der Waals surface area (Å²) in [5, 5.41) is 7.42. The summed E-state index contributed by atoms with van der Waals surface area (Å²) in [6.07, 6.45) is 1.97. The zero-order valence-corrected chi connectivity index (χ0v) is 8.83. The smallest absolute Gasteiger partial charge is 0.125 e. The van der Waals surface area contributed by atoms with Crippen molar-refractivity contribution in [1.82, 2.24) is 4.98 Å². The highest BCUT2D eigenvalue weighted by molar-refractivity contribution is 7.98. The van der Waals surface area contributed by atoms with Crippen LogP contribution in [0.3, 0.4) is 0 Å². The molecule has 0 aliphatic carbocycles. The molecule has 1 rings (SSSR count). The maximum absolute atomic E-state index is 7.42. The van der Waals surface area contributed by atoms with E-state index in [1.165, 1.54) is 0 Å². The third-order valence-corrected chi connectivity index (χ3v) is 2.54. The molecule has 0 aliphatic rings. The Morgan fingerprint density at radius 1 is 1.54 bits per heavy atom. The van der Waals surface area contributed by atoms with Crippen molar-refractivity contribution in [3.05, 3.63) is 23.0 Å². The van der Waals surface area contributed by atoms with E-state index in [0.29, 0.717) is 0 Å². The van der Waals surface area contributed by atoms with E-state index in [2.05, 4.69) is 4.98 Å². The van der Waals surface area contributed by atoms with Gasteiger partial charge in [-0.05, 0) is 26.2 Å². The van der Waals surface area contributed by atoms with Crippen molar-refractivity contribution >= 4 is 17.6 Å². The summed E-state index contributed by atoms with van der Waals surface area (Å²) in [6.45, 7) is 3.82. The van der Waals surface area contributed by atoms with Crippen LogP contribution in [0.1, 0.15) is 17.0 Å². The molecule has 70 valence electrons. The van der Waals surface area contributed by atoms with Gasteiger partial charge in [0.25, 0.3) is 0 Å². The number of nitrogen functional groups attached to an aromatic ring is 1. The first kappa shape index (κ1) is 10.1. The fraction of sp³-hybridized carbons (Fsp3) is 0.333. The predicted molar refractivity (Wildman–Crippen MR) is 56.5 cm³/mol. The van der Waals surface area contributed by atoms with Crippen molar-refractivity contribution in [2.75, 3.05) is 6.26 Å². The van der Waals surface area contributed by atoms with Crippen molar-refractivity contribution in [3.63, 3.8) is 0 Å². The minimum atomic E-state index is 0.0920. The number of nitrogens with zero attached hydrogens (tertiary/aromatic N) is 1. The number of aryl methyl sites for hydroxylation is 2. The van der Waals surface area contributed by atoms with E-state index in [1.54, 1.807) is 11.8 Å². The summed E-state index contributed by atoms with van der Waals surface area (Å²) in [7, 11) is 0. The number of aromatic nitrogens is 1. The summed E-state index contributed by atoms with van der Waals surface area (Å²) in [5.41, 5.74) is 8.03. The number of nitrogens with one attached hydrogen (secondary N) is 1. The molecule has 3 N–H and O–H groups in total. The van der Waals surface area contributed by atoms with Crippen molar-refractivity contribution in [2.45, 2.75) is 18.7 Å². The van der Waals surface area contributed by atoms with Crippen LogP contribution in [-0.4, -0.2) is 17.1 Å². The van der Waals surface area contributed by atoms with Crippen molar-refractivity contribution in [1.29, 1.82) is 5.41 Å². The molecule has 0 unspecified atom stereocenters. The third-order valence-electron chi connectivity index (χ3n) is 1.78. The first-order valence-electron chi connectivity index (χ1n) is 3.93. The molecular weight excluding hydrogens is 182 g/mol. The number of pyridine rings is 1. The largest absolute Gasteiger partial charge is 0.384 e. The average molecular weight is 195 g/mol. The second kappa shape index (κ2) is 3.79. The van der Waals surface area contributed by atoms with Crippen LogP contribution in [0.2, 0.25) is 0 Å². The molecule has 0 saturated heterocycles. The van der Waals surface area contributed by atoms with Crippen LogP contribution >= 0.6 is 11.8 Å². The number of nitrogens with two attached hydrogens (primary N) is 1. The van der Waals surface area contributed by atoms with Gasteiger partial charge in [-0.25, -0.2) is 0 Å². The van der Waals surface area contributed by atoms with Gasteiger partial charge in [0.1, 0.15) is 5.84 Å². The highest BCUT2D eigenvalue weighted by Gasteiger charge is 2.09. The van der Waals surface area contributed by atoms with E-state index in [9.17, 15) is 0 Å². The number of hydrogen-bond donors (Lipinski definition) is 2. The quantitative estimate of drug-likeness (QED) is 0.429. The molecule has 0 amide bonds. The summed E-state index contributed by atoms with van der Waals surface area (Å²) in [5.74, 6) is 0.0920. The third kappa shape index (κ3) is 2.01. The monoisotopic (exact) mass is 195 g/mol. The SMILES string of the molecule is CSc1cc(C)nc(C)c1C(=N)N. The summed E-state index contributed by atoms with van der Waals surface area (Å²) < 4.78 is 0. The van der Waals surface area contributed by atoms with Crippen LogP contribution in [0, 0.1) is 19.3 Å². The van der Waals surface area contributed by atoms with Crippen molar-refractivity contribution in [2.24, 2.45) is 5.73 Å². The topological polar surface area (TPSA) is 62.8 Å². The molecule has 0 saturated carbocycles. The molecule has 0 fully saturated rings. The molecule has 13 heavy (non-hydrogen) atoms. The lowest BCUT2D eigenvalue weighted by atomic mass is 10.1. The van der Waals surface area contributed by atoms with E-state index >= 15 is 0 Å². The fourth-order valence-corrected chi connectivity index (χ4v) is 2.03. The van der Waals surface area contributed by atoms with Gasteiger partial charge in [-0.15, -0.1) is 11.8 Å². The lowest BCUT2D eigenvalue weighted by molar-refractivity contribution is 1.07. The molecule has 3 nitrogen and oxygen atoms in total. The van der Waals surface area contributed by atoms with Gasteiger partial charge in [0.05, 0.1) is 5.56 Å². The Bertz CT molecular complexity index is 347. The van der Waals surface area contributed by atoms with Gasteiger partial charge < -0.3 is 5.73 Å². The van der Waals surface area contributed by atoms with E-state index < -0.39 is 0 Å². The molecule has 0 spiro atoms. The molecule has 1 heterocycles. The highest BCUT2D eigenvalue weighted by atomic mass is 32.2. The highest BCUT2D eigenvalue weighted by Crippen LogP contribution is 2.22. The standard InChI is InChI=1S/C9H13N3S/c1-5-4-7(13-3)8(9(10)11)6(2)12-5/h4H,1-3H3,(H3,10,11). The average Bonchev–Trinajstić information content (AvgIpc) is 2.01. The van der Waals surface area contributed by atoms with Crippen molar-refractivity contribution in [3.8, 4) is 0 Å². The Hall–Kier alpha value is -1.03. The van der Waals surface area contributed by atoms with Gasteiger partial charge in [0.15, 0.2) is 0 Å². The van der Waals surface area contributed by atoms with Gasteiger partial charge in [-0.2, -0.15) is 0 Å². The van der Waals surface area contributed by atoms with E-state index in [0.717, 1.165) is 21.8 Å². The number of amidine groups is 1. The molecule has 0 bridgehead atoms. The number of hydrogen-bond acceptors (Lipinski definition) is 3. The van der Waals surface area contributed by atoms with Gasteiger partial charge in [-0.1, -0.05) is 0 Å². The summed E-state index contributed by atoms with van der Waals surface area (Å²) in [6, 6.07) is 1.95. The van der Waals surface area contributed by atoms with Gasteiger partial charge in [0, 0.05) is 16.3 Å². The summed E-state index contributed by atoms with van der Waals surface area (Å²) >= 11 is 1.59. The second-order valence-electron chi connectivity index (χ2n) is 2.84. The van der Waals surface area contributed by atoms with E-state index in [1.807, 2.05) is 26.2 Å². The van der Waals surface area contributed by atoms with Gasteiger partial charge in [0.2, 0.25) is 0 Å². The molecule has 0 radical (unpaired) electrons. The molecule has 1 aromatic rings. The van der Waals surface area contributed by atoms with Crippen LogP contribution in [0.25, 0.3) is 0 Å². The van der Waals surface area contributed by atoms with Crippen LogP contribution < -0.4 is 5.73 Å². The molecule has 0 aliphatic heterocycles. The Balaban J connectivity index is 3.38. The zero-order valence-electron chi connectivity index (χ0n) is 8.01. The molecule has 0 aromatic carbocycles. The van der Waals surface area contributed by atoms with Crippen LogP contribution in [0.5, 0.6) is 0 Å². The number of rotatable bonds is 2. The van der Waals surface area contributed by atoms with Crippen LogP contribution in [-0.2, 0) is 0 Å². The normalized spacial score (nSPS) is 10.1. The van der Waals surface area contributed by atoms with E-state index in [-0.39, 0.29) is 5.84 Å². The number of thioether (sulfide) groups is 1. The minimum Gasteiger partial charge on any atom is -0.384 e. The first-order chi connectivity index (χ1) is 6.06. The maximum atomic E-state index is 7.42. The van der Waals surface area contributed by atoms with Crippen LogP contribution in [0.15, 0.2) is 11.0 Å². The van der Waals surface area contributed by atoms with E-state index in [4.69, 9.17) is 11.1 Å². The lowest BCUT2D eigenvalue weighted by Crippen LogP contribution is -2.15. The summed E-state index contributed by atoms with van der Waals surface area (Å²) in [4.78, 5) is 5.29. The first-order valence-corrected chi connectivity index (χ1v) is 5.15. The molecule has 0 atom stereocenters. The van der Waals surface area contributed by atoms with Crippen molar-refractivity contribution < 1.29 is 0 Å². The second-order valence-corrected chi connectivity index (χ2v) is 3.69. The van der Waals surface area contributed by atoms with Gasteiger partial charge in [-0.3, -0.25) is 10.4 Å². The Kier molecular flexibility index (Phi) is 2.93. The molecule has 4 heteroatoms.